The molecule has 2 rings (SSSR count). The number of carbonyl (C=O) groups excluding carboxylic acids is 1. The van der Waals surface area contributed by atoms with E-state index >= 15 is 0 Å². The summed E-state index contributed by atoms with van der Waals surface area (Å²) in [7, 11) is 1.78. The molecule has 0 fully saturated rings. The highest BCUT2D eigenvalue weighted by molar-refractivity contribution is 7.09. The summed E-state index contributed by atoms with van der Waals surface area (Å²) >= 11 is 1.70. The van der Waals surface area contributed by atoms with Crippen molar-refractivity contribution in [1.29, 1.82) is 0 Å². The Hall–Kier alpha value is -1.72. The summed E-state index contributed by atoms with van der Waals surface area (Å²) in [5.41, 5.74) is 0.929. The van der Waals surface area contributed by atoms with E-state index in [1.54, 1.807) is 35.4 Å². The zero-order valence-corrected chi connectivity index (χ0v) is 13.8. The monoisotopic (exact) mass is 320 g/mol. The summed E-state index contributed by atoms with van der Waals surface area (Å²) in [5.74, 6) is -0.187. The largest absolute Gasteiger partial charge is 0.340 e. The van der Waals surface area contributed by atoms with Crippen LogP contribution < -0.4 is 0 Å². The summed E-state index contributed by atoms with van der Waals surface area (Å²) in [5, 5.41) is 2.05. The number of carbonyl (C=O) groups is 1. The fraction of sp³-hybridized carbons (Fsp3) is 0.353. The third kappa shape index (κ3) is 4.93. The van der Waals surface area contributed by atoms with Gasteiger partial charge >= 0.3 is 0 Å². The fourth-order valence-corrected chi connectivity index (χ4v) is 2.91. The van der Waals surface area contributed by atoms with Gasteiger partial charge in [-0.25, -0.2) is 4.39 Å². The first kappa shape index (κ1) is 16.6. The number of likely N-dealkylation sites (N-methyl/N-ethyl adjacent to an activating group) is 2. The number of amides is 1. The second-order valence-electron chi connectivity index (χ2n) is 5.26. The molecule has 0 saturated carbocycles. The van der Waals surface area contributed by atoms with E-state index in [0.717, 1.165) is 18.7 Å². The molecule has 0 aliphatic heterocycles. The minimum atomic E-state index is -0.258. The maximum atomic E-state index is 12.9. The molecule has 0 N–H and O–H groups in total. The van der Waals surface area contributed by atoms with Crippen LogP contribution in [-0.2, 0) is 17.9 Å². The van der Waals surface area contributed by atoms with E-state index in [9.17, 15) is 9.18 Å². The highest BCUT2D eigenvalue weighted by atomic mass is 32.1. The molecule has 1 aromatic heterocycles. The first-order valence-electron chi connectivity index (χ1n) is 7.31. The summed E-state index contributed by atoms with van der Waals surface area (Å²) in [6.07, 6.45) is 0. The lowest BCUT2D eigenvalue weighted by atomic mass is 10.2. The van der Waals surface area contributed by atoms with Gasteiger partial charge in [0.25, 0.3) is 0 Å². The molecular formula is C17H21FN2OS. The zero-order valence-electron chi connectivity index (χ0n) is 13.0. The van der Waals surface area contributed by atoms with Gasteiger partial charge < -0.3 is 4.90 Å². The van der Waals surface area contributed by atoms with Crippen LogP contribution in [0.3, 0.4) is 0 Å². The summed E-state index contributed by atoms with van der Waals surface area (Å²) in [6, 6.07) is 10.4. The highest BCUT2D eigenvalue weighted by Gasteiger charge is 2.14. The number of rotatable bonds is 7. The minimum Gasteiger partial charge on any atom is -0.340 e. The highest BCUT2D eigenvalue weighted by Crippen LogP contribution is 2.12. The van der Waals surface area contributed by atoms with Crippen LogP contribution in [0.25, 0.3) is 0 Å². The molecule has 2 aromatic rings. The van der Waals surface area contributed by atoms with Crippen LogP contribution >= 0.6 is 11.3 Å². The first-order valence-corrected chi connectivity index (χ1v) is 8.19. The third-order valence-electron chi connectivity index (χ3n) is 3.52. The van der Waals surface area contributed by atoms with E-state index in [0.29, 0.717) is 13.1 Å². The molecule has 0 radical (unpaired) electrons. The summed E-state index contributed by atoms with van der Waals surface area (Å²) in [4.78, 5) is 17.4. The summed E-state index contributed by atoms with van der Waals surface area (Å²) in [6.45, 7) is 4.57. The van der Waals surface area contributed by atoms with Crippen molar-refractivity contribution in [2.75, 3.05) is 20.1 Å². The van der Waals surface area contributed by atoms with Crippen LogP contribution in [0.1, 0.15) is 17.4 Å². The molecule has 22 heavy (non-hydrogen) atoms. The second kappa shape index (κ2) is 8.06. The Morgan fingerprint density at radius 3 is 2.50 bits per heavy atom. The van der Waals surface area contributed by atoms with Gasteiger partial charge in [-0.15, -0.1) is 11.3 Å². The minimum absolute atomic E-state index is 0.0720. The van der Waals surface area contributed by atoms with E-state index in [4.69, 9.17) is 0 Å². The molecule has 0 atom stereocenters. The fourth-order valence-electron chi connectivity index (χ4n) is 2.17. The maximum Gasteiger partial charge on any atom is 0.236 e. The number of nitrogens with zero attached hydrogens (tertiary/aromatic N) is 2. The van der Waals surface area contributed by atoms with Gasteiger partial charge in [0.05, 0.1) is 6.54 Å². The molecule has 3 nitrogen and oxygen atoms in total. The topological polar surface area (TPSA) is 23.6 Å². The molecule has 1 heterocycles. The predicted molar refractivity (Wildman–Crippen MR) is 88.1 cm³/mol. The van der Waals surface area contributed by atoms with E-state index in [1.165, 1.54) is 17.0 Å². The van der Waals surface area contributed by atoms with Crippen molar-refractivity contribution in [3.05, 3.63) is 58.0 Å². The van der Waals surface area contributed by atoms with Crippen molar-refractivity contribution in [2.24, 2.45) is 0 Å². The lowest BCUT2D eigenvalue weighted by Gasteiger charge is -2.23. The van der Waals surface area contributed by atoms with Gasteiger partial charge in [-0.3, -0.25) is 9.69 Å². The number of benzene rings is 1. The number of hydrogen-bond acceptors (Lipinski definition) is 3. The smallest absolute Gasteiger partial charge is 0.236 e. The van der Waals surface area contributed by atoms with Gasteiger partial charge in [0.15, 0.2) is 0 Å². The molecule has 0 bridgehead atoms. The number of halogens is 1. The Morgan fingerprint density at radius 1 is 1.18 bits per heavy atom. The maximum absolute atomic E-state index is 12.9. The molecule has 0 aliphatic rings. The van der Waals surface area contributed by atoms with Crippen LogP contribution in [0.15, 0.2) is 41.8 Å². The second-order valence-corrected chi connectivity index (χ2v) is 6.29. The number of thiophene rings is 1. The zero-order chi connectivity index (χ0) is 15.9. The van der Waals surface area contributed by atoms with Crippen molar-refractivity contribution in [1.82, 2.24) is 9.80 Å². The van der Waals surface area contributed by atoms with Gasteiger partial charge in [0, 0.05) is 25.0 Å². The van der Waals surface area contributed by atoms with Crippen LogP contribution in [0.5, 0.6) is 0 Å². The SMILES string of the molecule is CCN(CC(=O)N(C)Cc1ccc(F)cc1)Cc1cccs1. The molecule has 0 spiro atoms. The third-order valence-corrected chi connectivity index (χ3v) is 4.39. The van der Waals surface area contributed by atoms with Gasteiger partial charge in [0.2, 0.25) is 5.91 Å². The normalized spacial score (nSPS) is 10.9. The molecule has 1 amide bonds. The van der Waals surface area contributed by atoms with Gasteiger partial charge in [-0.1, -0.05) is 25.1 Å². The van der Waals surface area contributed by atoms with E-state index in [2.05, 4.69) is 17.9 Å². The molecule has 0 unspecified atom stereocenters. The van der Waals surface area contributed by atoms with Crippen LogP contribution in [0.4, 0.5) is 4.39 Å². The van der Waals surface area contributed by atoms with Crippen molar-refractivity contribution in [3.8, 4) is 0 Å². The molecule has 5 heteroatoms. The van der Waals surface area contributed by atoms with Crippen LogP contribution in [-0.4, -0.2) is 35.8 Å². The van der Waals surface area contributed by atoms with Gasteiger partial charge in [-0.05, 0) is 35.7 Å². The van der Waals surface area contributed by atoms with Gasteiger partial charge in [0.1, 0.15) is 5.82 Å². The molecule has 1 aromatic carbocycles. The molecule has 0 aliphatic carbocycles. The molecule has 118 valence electrons. The van der Waals surface area contributed by atoms with E-state index < -0.39 is 0 Å². The lowest BCUT2D eigenvalue weighted by Crippen LogP contribution is -2.37. The standard InChI is InChI=1S/C17H21FN2OS/c1-3-20(12-16-5-4-10-22-16)13-17(21)19(2)11-14-6-8-15(18)9-7-14/h4-10H,3,11-13H2,1-2H3. The van der Waals surface area contributed by atoms with Crippen LogP contribution in [0.2, 0.25) is 0 Å². The quantitative estimate of drug-likeness (QED) is 0.781. The van der Waals surface area contributed by atoms with Crippen molar-refractivity contribution in [2.45, 2.75) is 20.0 Å². The average molecular weight is 320 g/mol. The number of hydrogen-bond donors (Lipinski definition) is 0. The summed E-state index contributed by atoms with van der Waals surface area (Å²) < 4.78 is 12.9. The van der Waals surface area contributed by atoms with E-state index in [1.807, 2.05) is 11.4 Å². The Morgan fingerprint density at radius 2 is 1.91 bits per heavy atom. The first-order chi connectivity index (χ1) is 10.6. The Kier molecular flexibility index (Phi) is 6.10. The Balaban J connectivity index is 1.87. The van der Waals surface area contributed by atoms with E-state index in [-0.39, 0.29) is 11.7 Å². The average Bonchev–Trinajstić information content (AvgIpc) is 3.01. The Labute approximate surface area is 135 Å². The van der Waals surface area contributed by atoms with Crippen LogP contribution in [0, 0.1) is 5.82 Å². The lowest BCUT2D eigenvalue weighted by molar-refractivity contribution is -0.131. The van der Waals surface area contributed by atoms with Crippen molar-refractivity contribution < 1.29 is 9.18 Å². The van der Waals surface area contributed by atoms with Crippen molar-refractivity contribution in [3.63, 3.8) is 0 Å². The predicted octanol–water partition coefficient (Wildman–Crippen LogP) is 3.37. The molecular weight excluding hydrogens is 299 g/mol. The van der Waals surface area contributed by atoms with Crippen molar-refractivity contribution >= 4 is 17.2 Å². The molecule has 0 saturated heterocycles. The Bertz CT molecular complexity index is 583. The van der Waals surface area contributed by atoms with Gasteiger partial charge in [-0.2, -0.15) is 0 Å².